The fourth-order valence-corrected chi connectivity index (χ4v) is 3.29. The molecular weight excluding hydrogens is 525 g/mol. The van der Waals surface area contributed by atoms with E-state index >= 15 is 0 Å². The van der Waals surface area contributed by atoms with Gasteiger partial charge in [-0.25, -0.2) is 4.39 Å². The molecule has 2 amide bonds. The highest BCUT2D eigenvalue weighted by Crippen LogP contribution is 2.16. The van der Waals surface area contributed by atoms with Crippen molar-refractivity contribution in [2.24, 2.45) is 5.73 Å². The van der Waals surface area contributed by atoms with Crippen molar-refractivity contribution < 1.29 is 23.5 Å². The van der Waals surface area contributed by atoms with E-state index in [9.17, 15) is 18.8 Å². The molecule has 1 atom stereocenters. The molecule has 10 heteroatoms. The summed E-state index contributed by atoms with van der Waals surface area (Å²) >= 11 is 0. The second kappa shape index (κ2) is 28.2. The number of likely N-dealkylation sites (N-methyl/N-ethyl adjacent to an activating group) is 1. The van der Waals surface area contributed by atoms with Crippen molar-refractivity contribution in [3.8, 4) is 5.75 Å². The number of aromatic nitrogens is 1. The van der Waals surface area contributed by atoms with Gasteiger partial charge in [0.15, 0.2) is 0 Å². The van der Waals surface area contributed by atoms with Crippen molar-refractivity contribution in [1.29, 1.82) is 0 Å². The third-order valence-corrected chi connectivity index (χ3v) is 5.30. The molecule has 1 heterocycles. The molecule has 1 aromatic heterocycles. The maximum Gasteiger partial charge on any atom is 0.243 e. The molecule has 2 aromatic rings. The Labute approximate surface area is 246 Å². The maximum atomic E-state index is 13.2. The molecule has 1 aromatic carbocycles. The average molecular weight is 578 g/mol. The van der Waals surface area contributed by atoms with Crippen molar-refractivity contribution in [3.63, 3.8) is 0 Å². The number of aryl methyl sites for hydroxylation is 2. The van der Waals surface area contributed by atoms with E-state index < -0.39 is 6.04 Å². The number of nitrogens with zero attached hydrogens (tertiary/aromatic N) is 1. The monoisotopic (exact) mass is 577 g/mol. The highest BCUT2D eigenvalue weighted by molar-refractivity contribution is 5.89. The van der Waals surface area contributed by atoms with Gasteiger partial charge in [0.25, 0.3) is 0 Å². The summed E-state index contributed by atoms with van der Waals surface area (Å²) < 4.78 is 18.7. The summed E-state index contributed by atoms with van der Waals surface area (Å²) in [6.45, 7) is 13.0. The van der Waals surface area contributed by atoms with Gasteiger partial charge in [-0.1, -0.05) is 26.8 Å². The number of aldehydes is 1. The summed E-state index contributed by atoms with van der Waals surface area (Å²) in [6, 6.07) is 7.76. The van der Waals surface area contributed by atoms with Crippen molar-refractivity contribution in [2.75, 3.05) is 33.3 Å². The Morgan fingerprint density at radius 2 is 1.76 bits per heavy atom. The number of rotatable bonds is 15. The van der Waals surface area contributed by atoms with Gasteiger partial charge in [0.05, 0.1) is 6.61 Å². The number of pyridine rings is 1. The summed E-state index contributed by atoms with van der Waals surface area (Å²) in [5, 5.41) is 8.28. The number of hydrogen-bond donors (Lipinski definition) is 4. The maximum absolute atomic E-state index is 13.2. The lowest BCUT2D eigenvalue weighted by molar-refractivity contribution is -0.130. The van der Waals surface area contributed by atoms with Crippen LogP contribution in [0, 0.1) is 12.7 Å². The zero-order valence-corrected chi connectivity index (χ0v) is 25.8. The minimum Gasteiger partial charge on any atom is -0.493 e. The molecule has 0 fully saturated rings. The Morgan fingerprint density at radius 1 is 1.05 bits per heavy atom. The molecule has 1 unspecified atom stereocenters. The van der Waals surface area contributed by atoms with E-state index in [4.69, 9.17) is 4.74 Å². The Bertz CT molecular complexity index is 910. The summed E-state index contributed by atoms with van der Waals surface area (Å²) in [6.07, 6.45) is 7.74. The van der Waals surface area contributed by atoms with E-state index in [-0.39, 0.29) is 30.5 Å². The lowest BCUT2D eigenvalue weighted by Gasteiger charge is -2.15. The van der Waals surface area contributed by atoms with Gasteiger partial charge in [-0.05, 0) is 89.0 Å². The molecule has 0 radical (unpaired) electrons. The van der Waals surface area contributed by atoms with Crippen LogP contribution in [-0.4, -0.2) is 62.4 Å². The first kappa shape index (κ1) is 39.8. The molecule has 0 aliphatic rings. The van der Waals surface area contributed by atoms with Crippen LogP contribution in [0.25, 0.3) is 0 Å². The smallest absolute Gasteiger partial charge is 0.243 e. The largest absolute Gasteiger partial charge is 0.493 e. The number of hydrogen-bond acceptors (Lipinski definition) is 7. The van der Waals surface area contributed by atoms with Crippen LogP contribution in [0.3, 0.4) is 0 Å². The number of halogens is 1. The predicted octanol–water partition coefficient (Wildman–Crippen LogP) is 4.12. The zero-order valence-electron chi connectivity index (χ0n) is 25.8. The molecule has 0 aliphatic heterocycles. The summed E-state index contributed by atoms with van der Waals surface area (Å²) in [4.78, 5) is 38.2. The summed E-state index contributed by atoms with van der Waals surface area (Å²) in [5.41, 5.74) is 6.60. The Kier molecular flexibility index (Phi) is 27.3. The van der Waals surface area contributed by atoms with E-state index in [1.807, 2.05) is 12.3 Å². The Morgan fingerprint density at radius 3 is 2.24 bits per heavy atom. The fraction of sp³-hybridized carbons (Fsp3) is 0.548. The number of amides is 2. The van der Waals surface area contributed by atoms with E-state index in [2.05, 4.69) is 53.5 Å². The number of nitrogens with two attached hydrogens (primary N) is 1. The van der Waals surface area contributed by atoms with Crippen LogP contribution in [0.15, 0.2) is 42.7 Å². The van der Waals surface area contributed by atoms with Gasteiger partial charge in [-0.2, -0.15) is 0 Å². The van der Waals surface area contributed by atoms with Gasteiger partial charge in [0, 0.05) is 37.8 Å². The van der Waals surface area contributed by atoms with Crippen LogP contribution >= 0.6 is 0 Å². The predicted molar refractivity (Wildman–Crippen MR) is 164 cm³/mol. The third-order valence-electron chi connectivity index (χ3n) is 5.30. The van der Waals surface area contributed by atoms with Gasteiger partial charge in [0.1, 0.15) is 23.9 Å². The van der Waals surface area contributed by atoms with Crippen LogP contribution in [0.1, 0.15) is 70.9 Å². The Hall–Kier alpha value is -3.37. The zero-order chi connectivity index (χ0) is 31.3. The van der Waals surface area contributed by atoms with Crippen LogP contribution in [0.4, 0.5) is 4.39 Å². The van der Waals surface area contributed by atoms with Crippen molar-refractivity contribution in [2.45, 2.75) is 79.2 Å². The highest BCUT2D eigenvalue weighted by Gasteiger charge is 2.19. The number of carbonyl (C=O) groups is 3. The molecule has 0 spiro atoms. The van der Waals surface area contributed by atoms with Crippen molar-refractivity contribution in [1.82, 2.24) is 20.9 Å². The van der Waals surface area contributed by atoms with E-state index in [0.717, 1.165) is 37.9 Å². The molecule has 0 saturated heterocycles. The van der Waals surface area contributed by atoms with Gasteiger partial charge >= 0.3 is 0 Å². The van der Waals surface area contributed by atoms with Crippen molar-refractivity contribution >= 4 is 18.1 Å². The number of benzene rings is 1. The first-order valence-corrected chi connectivity index (χ1v) is 14.4. The molecular formula is C31H52FN5O4. The van der Waals surface area contributed by atoms with Gasteiger partial charge < -0.3 is 31.2 Å². The number of carbonyl (C=O) groups excluding carboxylic acids is 3. The average Bonchev–Trinajstić information content (AvgIpc) is 2.97. The lowest BCUT2D eigenvalue weighted by Crippen LogP contribution is -2.46. The van der Waals surface area contributed by atoms with Crippen LogP contribution in [0.5, 0.6) is 5.75 Å². The number of unbranched alkanes of at least 4 members (excludes halogenated alkanes) is 2. The normalized spacial score (nSPS) is 10.2. The van der Waals surface area contributed by atoms with Gasteiger partial charge in [-0.3, -0.25) is 14.6 Å². The van der Waals surface area contributed by atoms with E-state index in [1.54, 1.807) is 26.1 Å². The topological polar surface area (TPSA) is 135 Å². The van der Waals surface area contributed by atoms with Crippen LogP contribution in [0.2, 0.25) is 0 Å². The van der Waals surface area contributed by atoms with Crippen LogP contribution < -0.4 is 26.4 Å². The second-order valence-electron chi connectivity index (χ2n) is 8.71. The molecule has 0 aliphatic carbocycles. The number of nitrogens with one attached hydrogen (secondary N) is 3. The first-order valence-electron chi connectivity index (χ1n) is 14.4. The summed E-state index contributed by atoms with van der Waals surface area (Å²) in [7, 11) is 1.50. The lowest BCUT2D eigenvalue weighted by atomic mass is 10.1. The quantitative estimate of drug-likeness (QED) is 0.185. The molecule has 2 rings (SSSR count). The van der Waals surface area contributed by atoms with E-state index in [1.165, 1.54) is 24.7 Å². The Balaban J connectivity index is 0. The molecule has 9 nitrogen and oxygen atoms in total. The summed E-state index contributed by atoms with van der Waals surface area (Å²) in [5.74, 6) is -0.441. The third kappa shape index (κ3) is 23.1. The number of ether oxygens (including phenoxy) is 1. The fourth-order valence-electron chi connectivity index (χ4n) is 3.29. The second-order valence-corrected chi connectivity index (χ2v) is 8.71. The molecule has 0 bridgehead atoms. The molecule has 5 N–H and O–H groups in total. The highest BCUT2D eigenvalue weighted by atomic mass is 19.1. The molecule has 0 saturated carbocycles. The van der Waals surface area contributed by atoms with Gasteiger partial charge in [0.2, 0.25) is 11.8 Å². The van der Waals surface area contributed by atoms with Gasteiger partial charge in [-0.15, -0.1) is 0 Å². The minimum atomic E-state index is -0.820. The first-order chi connectivity index (χ1) is 19.8. The molecule has 41 heavy (non-hydrogen) atoms. The molecule has 232 valence electrons. The van der Waals surface area contributed by atoms with Crippen molar-refractivity contribution in [3.05, 3.63) is 59.7 Å². The van der Waals surface area contributed by atoms with E-state index in [0.29, 0.717) is 31.6 Å². The minimum absolute atomic E-state index is 0.0432. The van der Waals surface area contributed by atoms with Crippen LogP contribution in [-0.2, 0) is 20.8 Å². The standard InChI is InChI=1S/C19H27FN2O4.C7H9N.C4H11N.CH5N/c1-3-21-19(25)17(8-9-23)22-18(24)7-5-4-6-10-26-16-12-14(2)11-15(20)13-16;1-2-7-4-3-5-8-6-7;1-3-5-4-2;1-2/h9,11-13,17H,3-8,10H2,1-2H3,(H,21,25)(H,22,24);3-6H,2H2,1H3;5H,3-4H2,1-2H3;2H2,1H3. The SMILES string of the molecule is CCNC(=O)C(CC=O)NC(=O)CCCCCOc1cc(C)cc(F)c1.CCNCC.CCc1cccnc1.CN.